The second-order valence-corrected chi connectivity index (χ2v) is 11.7. The highest BCUT2D eigenvalue weighted by molar-refractivity contribution is 14.1. The molecule has 0 bridgehead atoms. The normalized spacial score (nSPS) is 16.0. The Hall–Kier alpha value is -2.68. The topological polar surface area (TPSA) is 151 Å². The molecule has 1 aromatic heterocycles. The minimum absolute atomic E-state index is 0. The number of aliphatic hydroxyl groups is 2. The Kier molecular flexibility index (Phi) is 28.5. The van der Waals surface area contributed by atoms with Crippen molar-refractivity contribution in [2.45, 2.75) is 88.2 Å². The van der Waals surface area contributed by atoms with Crippen LogP contribution in [0.2, 0.25) is 0 Å². The molecule has 2 rings (SSSR count). The van der Waals surface area contributed by atoms with Gasteiger partial charge in [-0.25, -0.2) is 0 Å². The lowest BCUT2D eigenvalue weighted by Crippen LogP contribution is -2.31. The van der Waals surface area contributed by atoms with Crippen molar-refractivity contribution in [1.29, 1.82) is 0 Å². The van der Waals surface area contributed by atoms with Crippen molar-refractivity contribution in [2.24, 2.45) is 10.9 Å². The van der Waals surface area contributed by atoms with E-state index >= 15 is 0 Å². The van der Waals surface area contributed by atoms with Crippen LogP contribution in [-0.2, 0) is 20.9 Å². The number of halogens is 1. The van der Waals surface area contributed by atoms with Crippen LogP contribution in [0.3, 0.4) is 0 Å². The summed E-state index contributed by atoms with van der Waals surface area (Å²) in [7, 11) is 7.06. The summed E-state index contributed by atoms with van der Waals surface area (Å²) in [4.78, 5) is 30.9. The van der Waals surface area contributed by atoms with Gasteiger partial charge in [-0.1, -0.05) is 48.5 Å². The number of methoxy groups -OCH3 is 1. The Balaban J connectivity index is -0.00000187. The van der Waals surface area contributed by atoms with E-state index in [1.165, 1.54) is 6.42 Å². The number of carbonyl (C=O) groups is 2. The molecule has 1 fully saturated rings. The van der Waals surface area contributed by atoms with Gasteiger partial charge in [-0.15, -0.1) is 0 Å². The van der Waals surface area contributed by atoms with Crippen LogP contribution in [0, 0.1) is 12.8 Å². The predicted octanol–water partition coefficient (Wildman–Crippen LogP) is 6.41. The van der Waals surface area contributed by atoms with Crippen LogP contribution in [0.15, 0.2) is 27.7 Å². The van der Waals surface area contributed by atoms with E-state index in [9.17, 15) is 15.0 Å². The molecule has 0 radical (unpaired) electrons. The maximum Gasteiger partial charge on any atom is 0.290 e. The minimum Gasteiger partial charge on any atom is -0.483 e. The van der Waals surface area contributed by atoms with Crippen LogP contribution in [0.25, 0.3) is 12.2 Å². The quantitative estimate of drug-likeness (QED) is 0.0710. The lowest BCUT2D eigenvalue weighted by atomic mass is 9.97. The highest BCUT2D eigenvalue weighted by Crippen LogP contribution is 2.33. The third-order valence-corrected chi connectivity index (χ3v) is 7.56. The molecule has 46 heavy (non-hydrogen) atoms. The number of nitrogens with zero attached hydrogens (tertiary/aromatic N) is 3. The third kappa shape index (κ3) is 16.2. The number of carboxylic acid groups (broad SMARTS) is 1. The maximum absolute atomic E-state index is 13.0. The zero-order valence-electron chi connectivity index (χ0n) is 29.3. The fourth-order valence-electron chi connectivity index (χ4n) is 4.27. The number of likely N-dealkylation sites (N-methyl/N-ethyl adjacent to an activating group) is 1. The van der Waals surface area contributed by atoms with Gasteiger partial charge in [0.2, 0.25) is 5.91 Å². The van der Waals surface area contributed by atoms with E-state index in [0.717, 1.165) is 57.3 Å². The van der Waals surface area contributed by atoms with Crippen molar-refractivity contribution in [2.75, 3.05) is 48.0 Å². The molecule has 1 aliphatic rings. The highest BCUT2D eigenvalue weighted by atomic mass is 127. The lowest BCUT2D eigenvalue weighted by Gasteiger charge is -2.20. The molecule has 1 atom stereocenters. The van der Waals surface area contributed by atoms with E-state index in [0.29, 0.717) is 19.6 Å². The molecule has 1 saturated heterocycles. The standard InChI is InChI=1S/C27H42IN5O4.C3H8.C2H6.CH2O2.CH4/c1-17-12-25(20(22(29-4)8-10-34)14-27(36)32(5)9-11-37-7)30-23(17)15-24-19(3)21(16-35)26(31-24)13-18(2)33(6)28;1-3-2;1-2;2-1-3;/h13,15,17,30-31,34-35H,8-12,14,16H2,1-7H3;3H2,1-2H3;1-2H3;1H,(H,2,3);1H4/b18-13-,23-15-,25-20-,29-22?;;;;. The van der Waals surface area contributed by atoms with Gasteiger partial charge in [-0.3, -0.25) is 14.6 Å². The van der Waals surface area contributed by atoms with Gasteiger partial charge in [0.25, 0.3) is 6.47 Å². The van der Waals surface area contributed by atoms with Crippen LogP contribution in [0.5, 0.6) is 0 Å². The van der Waals surface area contributed by atoms with E-state index in [-0.39, 0.29) is 45.4 Å². The molecule has 1 aromatic rings. The number of aromatic nitrogens is 1. The van der Waals surface area contributed by atoms with Gasteiger partial charge in [0.1, 0.15) is 0 Å². The Labute approximate surface area is 292 Å². The van der Waals surface area contributed by atoms with Gasteiger partial charge in [-0.2, -0.15) is 0 Å². The van der Waals surface area contributed by atoms with Crippen molar-refractivity contribution in [3.05, 3.63) is 45.2 Å². The molecule has 5 N–H and O–H groups in total. The lowest BCUT2D eigenvalue weighted by molar-refractivity contribution is -0.129. The summed E-state index contributed by atoms with van der Waals surface area (Å²) < 4.78 is 7.11. The summed E-state index contributed by atoms with van der Waals surface area (Å²) in [5.74, 6) is 0.172. The second kappa shape index (κ2) is 27.4. The largest absolute Gasteiger partial charge is 0.483 e. The van der Waals surface area contributed by atoms with Gasteiger partial charge in [0.05, 0.1) is 42.5 Å². The average Bonchev–Trinajstić information content (AvgIpc) is 3.52. The number of aliphatic hydroxyl groups excluding tert-OH is 2. The number of rotatable bonds is 12. The summed E-state index contributed by atoms with van der Waals surface area (Å²) in [6, 6.07) is 0. The number of hydrogen-bond acceptors (Lipinski definition) is 8. The zero-order chi connectivity index (χ0) is 35.1. The molecule has 1 aliphatic heterocycles. The van der Waals surface area contributed by atoms with E-state index in [1.54, 1.807) is 26.1 Å². The second-order valence-electron chi connectivity index (χ2n) is 10.2. The number of amides is 1. The molecule has 0 saturated carbocycles. The molecular weight excluding hydrogens is 701 g/mol. The third-order valence-electron chi connectivity index (χ3n) is 6.80. The SMILES string of the molecule is C.CC.CCC.CN=C(CCO)/C(CC(=O)N(C)CCOC)=C1/CC(C)/C(=C/c2[nH]c(/C=C(/C)N(C)I)c(CO)c2C)N1.O=CO. The molecule has 11 nitrogen and oxygen atoms in total. The van der Waals surface area contributed by atoms with Crippen molar-refractivity contribution < 1.29 is 29.6 Å². The number of aromatic amines is 1. The smallest absolute Gasteiger partial charge is 0.290 e. The Morgan fingerprint density at radius 1 is 1.20 bits per heavy atom. The van der Waals surface area contributed by atoms with E-state index in [1.807, 2.05) is 43.9 Å². The number of allylic oxidation sites excluding steroid dienone is 3. The predicted molar refractivity (Wildman–Crippen MR) is 201 cm³/mol. The van der Waals surface area contributed by atoms with Crippen molar-refractivity contribution in [3.8, 4) is 0 Å². The molecule has 266 valence electrons. The van der Waals surface area contributed by atoms with Crippen LogP contribution in [0.1, 0.15) is 97.2 Å². The van der Waals surface area contributed by atoms with E-state index in [4.69, 9.17) is 14.6 Å². The number of carbonyl (C=O) groups excluding carboxylic acids is 1. The summed E-state index contributed by atoms with van der Waals surface area (Å²) in [5, 5.41) is 30.1. The van der Waals surface area contributed by atoms with Crippen molar-refractivity contribution in [3.63, 3.8) is 0 Å². The minimum atomic E-state index is -0.250. The molecule has 1 amide bonds. The monoisotopic (exact) mass is 763 g/mol. The van der Waals surface area contributed by atoms with E-state index in [2.05, 4.69) is 65.0 Å². The van der Waals surface area contributed by atoms with Gasteiger partial charge >= 0.3 is 0 Å². The molecule has 12 heteroatoms. The first-order chi connectivity index (χ1) is 21.4. The molecule has 0 aliphatic carbocycles. The Morgan fingerprint density at radius 3 is 2.22 bits per heavy atom. The molecule has 1 unspecified atom stereocenters. The maximum atomic E-state index is 13.0. The average molecular weight is 764 g/mol. The first-order valence-electron chi connectivity index (χ1n) is 15.4. The highest BCUT2D eigenvalue weighted by Gasteiger charge is 2.27. The van der Waals surface area contributed by atoms with Crippen LogP contribution < -0.4 is 5.32 Å². The Bertz CT molecular complexity index is 1140. The molecule has 2 heterocycles. The number of hydrogen-bond donors (Lipinski definition) is 5. The van der Waals surface area contributed by atoms with Gasteiger partial charge in [0.15, 0.2) is 0 Å². The fraction of sp³-hybridized carbons (Fsp3) is 0.618. The molecular formula is C34H62IN5O6. The summed E-state index contributed by atoms with van der Waals surface area (Å²) >= 11 is 2.22. The van der Waals surface area contributed by atoms with Crippen LogP contribution in [-0.4, -0.2) is 94.4 Å². The summed E-state index contributed by atoms with van der Waals surface area (Å²) in [6.45, 7) is 15.1. The number of nitrogens with one attached hydrogen (secondary N) is 2. The zero-order valence-corrected chi connectivity index (χ0v) is 31.4. The van der Waals surface area contributed by atoms with Gasteiger partial charge < -0.3 is 38.4 Å². The fourth-order valence-corrected chi connectivity index (χ4v) is 4.41. The van der Waals surface area contributed by atoms with Crippen LogP contribution >= 0.6 is 22.9 Å². The number of H-pyrrole nitrogens is 1. The molecule has 0 spiro atoms. The van der Waals surface area contributed by atoms with Gasteiger partial charge in [-0.05, 0) is 38.0 Å². The summed E-state index contributed by atoms with van der Waals surface area (Å²) in [6.07, 6.45) is 6.69. The summed E-state index contributed by atoms with van der Waals surface area (Å²) in [5.41, 5.74) is 8.32. The van der Waals surface area contributed by atoms with Crippen molar-refractivity contribution >= 4 is 53.1 Å². The Morgan fingerprint density at radius 2 is 1.76 bits per heavy atom. The van der Waals surface area contributed by atoms with Gasteiger partial charge in [0, 0.05) is 99.1 Å². The first kappa shape index (κ1) is 47.7. The van der Waals surface area contributed by atoms with Crippen LogP contribution in [0.4, 0.5) is 0 Å². The van der Waals surface area contributed by atoms with Crippen molar-refractivity contribution in [1.82, 2.24) is 18.3 Å². The van der Waals surface area contributed by atoms with E-state index < -0.39 is 0 Å². The first-order valence-corrected chi connectivity index (χ1v) is 16.4. The molecule has 0 aromatic carbocycles. The number of aliphatic imine (C=N–C) groups is 1. The number of ether oxygens (including phenoxy) is 1.